The van der Waals surface area contributed by atoms with Gasteiger partial charge < -0.3 is 4.42 Å². The molecule has 1 aliphatic carbocycles. The number of furan rings is 1. The van der Waals surface area contributed by atoms with Crippen LogP contribution >= 0.6 is 11.3 Å². The zero-order valence-corrected chi connectivity index (χ0v) is 34.3. The molecule has 0 bridgehead atoms. The lowest BCUT2D eigenvalue weighted by Crippen LogP contribution is -2.18. The number of nitrogens with zero attached hydrogens (tertiary/aromatic N) is 2. The fourth-order valence-corrected chi connectivity index (χ4v) is 11.5. The van der Waals surface area contributed by atoms with Gasteiger partial charge in [0.05, 0.1) is 11.8 Å². The van der Waals surface area contributed by atoms with E-state index in [2.05, 4.69) is 177 Å². The van der Waals surface area contributed by atoms with Crippen molar-refractivity contribution < 1.29 is 4.42 Å². The summed E-state index contributed by atoms with van der Waals surface area (Å²) in [5, 5.41) is 7.57. The van der Waals surface area contributed by atoms with Gasteiger partial charge in [0.2, 0.25) is 0 Å². The number of benzene rings is 8. The highest BCUT2D eigenvalue weighted by atomic mass is 32.1. The molecule has 0 fully saturated rings. The van der Waals surface area contributed by atoms with Gasteiger partial charge in [0.15, 0.2) is 5.84 Å². The largest absolute Gasteiger partial charge is 0.456 e. The van der Waals surface area contributed by atoms with E-state index in [0.717, 1.165) is 54.0 Å². The van der Waals surface area contributed by atoms with Crippen molar-refractivity contribution in [2.75, 3.05) is 0 Å². The van der Waals surface area contributed by atoms with Crippen LogP contribution in [-0.4, -0.2) is 11.5 Å². The van der Waals surface area contributed by atoms with Crippen LogP contribution in [0.3, 0.4) is 0 Å². The second-order valence-corrected chi connectivity index (χ2v) is 17.8. The van der Waals surface area contributed by atoms with Crippen LogP contribution in [0.25, 0.3) is 64.0 Å². The number of hydrogen-bond donors (Lipinski definition) is 0. The van der Waals surface area contributed by atoms with Gasteiger partial charge in [-0.1, -0.05) is 153 Å². The summed E-state index contributed by atoms with van der Waals surface area (Å²) in [6, 6.07) is 62.0. The maximum Gasteiger partial charge on any atom is 0.155 e. The molecule has 288 valence electrons. The van der Waals surface area contributed by atoms with Crippen LogP contribution in [0.1, 0.15) is 71.5 Å². The molecule has 3 nitrogen and oxygen atoms in total. The first-order valence-electron chi connectivity index (χ1n) is 21.3. The Bertz CT molecular complexity index is 3370. The smallest absolute Gasteiger partial charge is 0.155 e. The molecule has 3 unspecified atom stereocenters. The first kappa shape index (κ1) is 35.3. The predicted molar refractivity (Wildman–Crippen MR) is 253 cm³/mol. The summed E-state index contributed by atoms with van der Waals surface area (Å²) in [5.74, 6) is 1.19. The maximum atomic E-state index is 6.82. The van der Waals surface area contributed by atoms with Crippen LogP contribution in [0, 0.1) is 5.92 Å². The molecule has 0 N–H and O–H groups in total. The van der Waals surface area contributed by atoms with Crippen LogP contribution in [0.5, 0.6) is 0 Å². The average molecular weight is 791 g/mol. The Morgan fingerprint density at radius 1 is 0.567 bits per heavy atom. The normalized spacial score (nSPS) is 18.2. The second-order valence-electron chi connectivity index (χ2n) is 16.7. The van der Waals surface area contributed by atoms with Crippen LogP contribution in [-0.2, 0) is 6.42 Å². The minimum absolute atomic E-state index is 0.120. The number of aliphatic imine (C=N–C) groups is 2. The van der Waals surface area contributed by atoms with Crippen molar-refractivity contribution in [2.24, 2.45) is 15.9 Å². The van der Waals surface area contributed by atoms with E-state index in [1.165, 1.54) is 80.7 Å². The molecule has 4 heteroatoms. The van der Waals surface area contributed by atoms with E-state index in [-0.39, 0.29) is 17.9 Å². The number of rotatable bonds is 4. The number of hydrogen-bond acceptors (Lipinski definition) is 4. The molecule has 0 saturated carbocycles. The van der Waals surface area contributed by atoms with Crippen molar-refractivity contribution in [3.8, 4) is 11.1 Å². The van der Waals surface area contributed by atoms with Gasteiger partial charge in [-0.05, 0) is 100 Å². The van der Waals surface area contributed by atoms with E-state index < -0.39 is 0 Å². The molecule has 1 aliphatic heterocycles. The van der Waals surface area contributed by atoms with Crippen molar-refractivity contribution in [3.63, 3.8) is 0 Å². The van der Waals surface area contributed by atoms with Crippen molar-refractivity contribution in [2.45, 2.75) is 44.6 Å². The van der Waals surface area contributed by atoms with Gasteiger partial charge in [-0.2, -0.15) is 0 Å². The number of thiophene rings is 1. The van der Waals surface area contributed by atoms with Crippen LogP contribution < -0.4 is 0 Å². The SMILES string of the molecule is CC1CCC(c2cccc3c2sc2ccccc23)=NC(c2ccccc2)=NC1c1cc(C2CCc3cc4ccccc4cc3-c3ccccc32)c2c(c1)oc1ccccc12. The molecule has 0 radical (unpaired) electrons. The maximum absolute atomic E-state index is 6.82. The van der Waals surface area contributed by atoms with Gasteiger partial charge in [0.1, 0.15) is 11.2 Å². The molecule has 10 aromatic rings. The minimum Gasteiger partial charge on any atom is -0.456 e. The van der Waals surface area contributed by atoms with Crippen LogP contribution in [0.4, 0.5) is 0 Å². The van der Waals surface area contributed by atoms with E-state index in [0.29, 0.717) is 0 Å². The van der Waals surface area contributed by atoms with Gasteiger partial charge in [0, 0.05) is 48.0 Å². The number of aryl methyl sites for hydroxylation is 1. The molecule has 12 rings (SSSR count). The predicted octanol–water partition coefficient (Wildman–Crippen LogP) is 15.3. The Labute approximate surface area is 353 Å². The van der Waals surface area contributed by atoms with Crippen LogP contribution in [0.2, 0.25) is 0 Å². The molecule has 60 heavy (non-hydrogen) atoms. The molecule has 8 aromatic carbocycles. The summed E-state index contributed by atoms with van der Waals surface area (Å²) in [5.41, 5.74) is 13.2. The lowest BCUT2D eigenvalue weighted by molar-refractivity contribution is 0.446. The van der Waals surface area contributed by atoms with E-state index in [1.807, 2.05) is 11.3 Å². The standard InChI is InChI=1S/C56H42N2OS/c1-34-26-29-49(45-23-13-22-44-43-20-10-12-25-52(43)60-55(44)45)57-56(35-14-3-2-4-15-35)58-54(34)39-32-48(53-46-21-9-11-24-50(46)59-51(53)33-39)42-28-27-38-30-36-16-5-6-17-37(36)31-47(38)41-19-8-7-18-40(41)42/h2-25,30-34,42,54H,26-29H2,1H3. The summed E-state index contributed by atoms with van der Waals surface area (Å²) in [6.45, 7) is 2.38. The Kier molecular flexibility index (Phi) is 8.41. The van der Waals surface area contributed by atoms with Gasteiger partial charge in [0.25, 0.3) is 0 Å². The highest BCUT2D eigenvalue weighted by molar-refractivity contribution is 7.26. The van der Waals surface area contributed by atoms with Crippen molar-refractivity contribution in [1.82, 2.24) is 0 Å². The number of para-hydroxylation sites is 1. The molecular weight excluding hydrogens is 749 g/mol. The summed E-state index contributed by atoms with van der Waals surface area (Å²) in [7, 11) is 0. The van der Waals surface area contributed by atoms with E-state index in [4.69, 9.17) is 14.4 Å². The molecule has 0 spiro atoms. The number of amidine groups is 1. The van der Waals surface area contributed by atoms with Gasteiger partial charge in [-0.15, -0.1) is 11.3 Å². The van der Waals surface area contributed by atoms with E-state index in [9.17, 15) is 0 Å². The molecule has 3 atom stereocenters. The first-order valence-corrected chi connectivity index (χ1v) is 22.1. The molecule has 0 saturated heterocycles. The fourth-order valence-electron chi connectivity index (χ4n) is 10.2. The topological polar surface area (TPSA) is 37.9 Å². The summed E-state index contributed by atoms with van der Waals surface area (Å²) in [4.78, 5) is 11.3. The summed E-state index contributed by atoms with van der Waals surface area (Å²) < 4.78 is 9.42. The molecular formula is C56H42N2OS. The van der Waals surface area contributed by atoms with Gasteiger partial charge in [-0.3, -0.25) is 4.99 Å². The third-order valence-electron chi connectivity index (χ3n) is 13.2. The lowest BCUT2D eigenvalue weighted by atomic mass is 9.81. The average Bonchev–Trinajstić information content (AvgIpc) is 3.82. The fraction of sp³-hybridized carbons (Fsp3) is 0.143. The Hall–Kier alpha value is -6.62. The highest BCUT2D eigenvalue weighted by Crippen LogP contribution is 2.48. The lowest BCUT2D eigenvalue weighted by Gasteiger charge is -2.27. The minimum atomic E-state index is -0.120. The third-order valence-corrected chi connectivity index (χ3v) is 14.4. The zero-order valence-electron chi connectivity index (χ0n) is 33.4. The summed E-state index contributed by atoms with van der Waals surface area (Å²) in [6.07, 6.45) is 3.80. The molecule has 2 aliphatic rings. The molecule has 2 aromatic heterocycles. The van der Waals surface area contributed by atoms with E-state index >= 15 is 0 Å². The van der Waals surface area contributed by atoms with Crippen molar-refractivity contribution in [3.05, 3.63) is 203 Å². The quantitative estimate of drug-likeness (QED) is 0.175. The first-order chi connectivity index (χ1) is 29.6. The Morgan fingerprint density at radius 3 is 2.20 bits per heavy atom. The van der Waals surface area contributed by atoms with Crippen LogP contribution in [0.15, 0.2) is 184 Å². The van der Waals surface area contributed by atoms with Crippen molar-refractivity contribution >= 4 is 75.8 Å². The van der Waals surface area contributed by atoms with Gasteiger partial charge in [-0.25, -0.2) is 4.99 Å². The van der Waals surface area contributed by atoms with Crippen molar-refractivity contribution in [1.29, 1.82) is 0 Å². The molecule has 3 heterocycles. The highest BCUT2D eigenvalue weighted by Gasteiger charge is 2.31. The van der Waals surface area contributed by atoms with E-state index in [1.54, 1.807) is 0 Å². The Balaban J connectivity index is 1.05. The number of fused-ring (bicyclic) bond motifs is 10. The molecule has 0 amide bonds. The summed E-state index contributed by atoms with van der Waals surface area (Å²) >= 11 is 1.87. The van der Waals surface area contributed by atoms with Gasteiger partial charge >= 0.3 is 0 Å². The second kappa shape index (κ2) is 14.3. The monoisotopic (exact) mass is 790 g/mol. The zero-order chi connectivity index (χ0) is 39.7. The third kappa shape index (κ3) is 5.84. The Morgan fingerprint density at radius 2 is 1.30 bits per heavy atom.